The van der Waals surface area contributed by atoms with Gasteiger partial charge in [0.05, 0.1) is 4.70 Å². The summed E-state index contributed by atoms with van der Waals surface area (Å²) in [7, 11) is 0. The second-order valence-electron chi connectivity index (χ2n) is 6.60. The summed E-state index contributed by atoms with van der Waals surface area (Å²) in [6, 6.07) is 9.88. The molecular weight excluding hydrogens is 348 g/mol. The summed E-state index contributed by atoms with van der Waals surface area (Å²) in [5, 5.41) is 1.16. The van der Waals surface area contributed by atoms with Crippen LogP contribution in [0.4, 0.5) is 5.82 Å². The molecule has 1 aromatic carbocycles. The number of carbonyl (C=O) groups is 1. The number of carbonyl (C=O) groups excluding carboxylic acids is 1. The first-order valence-corrected chi connectivity index (χ1v) is 9.41. The molecule has 1 saturated heterocycles. The summed E-state index contributed by atoms with van der Waals surface area (Å²) in [6.45, 7) is 6.31. The zero-order valence-electron chi connectivity index (χ0n) is 14.8. The number of aromatic nitrogens is 2. The van der Waals surface area contributed by atoms with Crippen LogP contribution in [-0.4, -0.2) is 46.3 Å². The van der Waals surface area contributed by atoms with Gasteiger partial charge in [-0.05, 0) is 49.1 Å². The van der Waals surface area contributed by atoms with Gasteiger partial charge in [-0.1, -0.05) is 12.1 Å². The van der Waals surface area contributed by atoms with Gasteiger partial charge >= 0.3 is 0 Å². The van der Waals surface area contributed by atoms with E-state index >= 15 is 0 Å². The van der Waals surface area contributed by atoms with Crippen molar-refractivity contribution in [2.75, 3.05) is 31.1 Å². The molecule has 1 fully saturated rings. The lowest BCUT2D eigenvalue weighted by molar-refractivity contribution is 0.0744. The molecule has 1 aliphatic rings. The summed E-state index contributed by atoms with van der Waals surface area (Å²) in [5.41, 5.74) is 1.62. The molecule has 0 saturated carbocycles. The SMILES string of the molecule is Cc1cc(C(=O)N2CCN(c3nsc4ccccc34)CC2)c(=O)[nH]c1C. The summed E-state index contributed by atoms with van der Waals surface area (Å²) in [5.74, 6) is 0.791. The van der Waals surface area contributed by atoms with Crippen molar-refractivity contribution in [3.63, 3.8) is 0 Å². The van der Waals surface area contributed by atoms with Crippen LogP contribution in [0.1, 0.15) is 21.6 Å². The number of anilines is 1. The van der Waals surface area contributed by atoms with E-state index in [0.717, 1.165) is 22.5 Å². The van der Waals surface area contributed by atoms with Gasteiger partial charge in [-0.25, -0.2) is 0 Å². The summed E-state index contributed by atoms with van der Waals surface area (Å²) >= 11 is 1.50. The van der Waals surface area contributed by atoms with Crippen LogP contribution in [0.25, 0.3) is 10.1 Å². The van der Waals surface area contributed by atoms with Crippen LogP contribution in [0.5, 0.6) is 0 Å². The molecule has 1 aliphatic heterocycles. The summed E-state index contributed by atoms with van der Waals surface area (Å²) in [4.78, 5) is 31.6. The van der Waals surface area contributed by atoms with Crippen molar-refractivity contribution in [3.8, 4) is 0 Å². The molecule has 0 spiro atoms. The highest BCUT2D eigenvalue weighted by Gasteiger charge is 2.26. The predicted octanol–water partition coefficient (Wildman–Crippen LogP) is 2.56. The Morgan fingerprint density at radius 1 is 1.15 bits per heavy atom. The van der Waals surface area contributed by atoms with Gasteiger partial charge in [0.2, 0.25) is 0 Å². The molecule has 7 heteroatoms. The lowest BCUT2D eigenvalue weighted by Crippen LogP contribution is -2.49. The van der Waals surface area contributed by atoms with Crippen LogP contribution in [0.2, 0.25) is 0 Å². The van der Waals surface area contributed by atoms with Crippen LogP contribution in [0, 0.1) is 13.8 Å². The monoisotopic (exact) mass is 368 g/mol. The minimum absolute atomic E-state index is 0.197. The lowest BCUT2D eigenvalue weighted by atomic mass is 10.1. The largest absolute Gasteiger partial charge is 0.352 e. The van der Waals surface area contributed by atoms with Gasteiger partial charge in [-0.15, -0.1) is 0 Å². The molecule has 0 bridgehead atoms. The van der Waals surface area contributed by atoms with Crippen molar-refractivity contribution in [1.29, 1.82) is 0 Å². The van der Waals surface area contributed by atoms with E-state index in [9.17, 15) is 9.59 Å². The van der Waals surface area contributed by atoms with Crippen molar-refractivity contribution in [2.24, 2.45) is 0 Å². The molecule has 0 aliphatic carbocycles. The van der Waals surface area contributed by atoms with Crippen LogP contribution in [0.15, 0.2) is 35.1 Å². The van der Waals surface area contributed by atoms with E-state index in [0.29, 0.717) is 26.2 Å². The number of nitrogens with zero attached hydrogens (tertiary/aromatic N) is 3. The zero-order chi connectivity index (χ0) is 18.3. The Kier molecular flexibility index (Phi) is 4.24. The first kappa shape index (κ1) is 16.8. The van der Waals surface area contributed by atoms with Crippen LogP contribution in [-0.2, 0) is 0 Å². The molecule has 0 radical (unpaired) electrons. The van der Waals surface area contributed by atoms with E-state index < -0.39 is 0 Å². The fourth-order valence-electron chi connectivity index (χ4n) is 3.28. The van der Waals surface area contributed by atoms with Gasteiger partial charge < -0.3 is 14.8 Å². The van der Waals surface area contributed by atoms with E-state index in [2.05, 4.69) is 26.4 Å². The first-order chi connectivity index (χ1) is 12.5. The molecule has 3 heterocycles. The molecule has 1 N–H and O–H groups in total. The fourth-order valence-corrected chi connectivity index (χ4v) is 4.07. The molecule has 4 rings (SSSR count). The third-order valence-electron chi connectivity index (χ3n) is 4.95. The Labute approximate surface area is 155 Å². The van der Waals surface area contributed by atoms with Crippen molar-refractivity contribution in [2.45, 2.75) is 13.8 Å². The molecule has 0 atom stereocenters. The molecule has 1 amide bonds. The van der Waals surface area contributed by atoms with E-state index in [4.69, 9.17) is 0 Å². The molecule has 2 aromatic heterocycles. The summed E-state index contributed by atoms with van der Waals surface area (Å²) < 4.78 is 5.76. The van der Waals surface area contributed by atoms with E-state index in [1.165, 1.54) is 16.2 Å². The maximum Gasteiger partial charge on any atom is 0.261 e. The Morgan fingerprint density at radius 2 is 1.88 bits per heavy atom. The van der Waals surface area contributed by atoms with Gasteiger partial charge in [0.25, 0.3) is 11.5 Å². The van der Waals surface area contributed by atoms with E-state index in [1.807, 2.05) is 26.0 Å². The minimum Gasteiger partial charge on any atom is -0.352 e. The quantitative estimate of drug-likeness (QED) is 0.755. The normalized spacial score (nSPS) is 14.8. The van der Waals surface area contributed by atoms with Gasteiger partial charge in [0.15, 0.2) is 0 Å². The lowest BCUT2D eigenvalue weighted by Gasteiger charge is -2.35. The predicted molar refractivity (Wildman–Crippen MR) is 104 cm³/mol. The van der Waals surface area contributed by atoms with Gasteiger partial charge in [0.1, 0.15) is 11.4 Å². The van der Waals surface area contributed by atoms with Crippen molar-refractivity contribution in [1.82, 2.24) is 14.3 Å². The topological polar surface area (TPSA) is 69.3 Å². The Morgan fingerprint density at radius 3 is 2.65 bits per heavy atom. The molecular formula is C19H20N4O2S. The van der Waals surface area contributed by atoms with Gasteiger partial charge in [0, 0.05) is 37.3 Å². The standard InChI is InChI=1S/C19H20N4O2S/c1-12-11-15(18(24)20-13(12)2)19(25)23-9-7-22(8-10-23)17-14-5-3-4-6-16(14)26-21-17/h3-6,11H,7-10H2,1-2H3,(H,20,24). The van der Waals surface area contributed by atoms with Crippen LogP contribution < -0.4 is 10.5 Å². The number of fused-ring (bicyclic) bond motifs is 1. The smallest absolute Gasteiger partial charge is 0.261 e. The molecule has 134 valence electrons. The third-order valence-corrected chi connectivity index (χ3v) is 5.77. The minimum atomic E-state index is -0.314. The van der Waals surface area contributed by atoms with Crippen molar-refractivity contribution in [3.05, 3.63) is 57.5 Å². The van der Waals surface area contributed by atoms with Crippen molar-refractivity contribution < 1.29 is 4.79 Å². The number of benzene rings is 1. The average molecular weight is 368 g/mol. The molecule has 3 aromatic rings. The molecule has 6 nitrogen and oxygen atoms in total. The Balaban J connectivity index is 1.51. The number of nitrogens with one attached hydrogen (secondary N) is 1. The number of pyridine rings is 1. The number of amides is 1. The highest BCUT2D eigenvalue weighted by molar-refractivity contribution is 7.13. The van der Waals surface area contributed by atoms with E-state index in [-0.39, 0.29) is 17.0 Å². The summed E-state index contributed by atoms with van der Waals surface area (Å²) in [6.07, 6.45) is 0. The van der Waals surface area contributed by atoms with Gasteiger partial charge in [-0.2, -0.15) is 4.37 Å². The fraction of sp³-hybridized carbons (Fsp3) is 0.316. The maximum atomic E-state index is 12.8. The Bertz CT molecular complexity index is 1030. The molecule has 26 heavy (non-hydrogen) atoms. The first-order valence-electron chi connectivity index (χ1n) is 8.64. The van der Waals surface area contributed by atoms with Crippen LogP contribution >= 0.6 is 11.5 Å². The second-order valence-corrected chi connectivity index (χ2v) is 7.41. The average Bonchev–Trinajstić information content (AvgIpc) is 3.08. The highest BCUT2D eigenvalue weighted by atomic mass is 32.1. The maximum absolute atomic E-state index is 12.8. The third kappa shape index (κ3) is 2.88. The number of aryl methyl sites for hydroxylation is 2. The van der Waals surface area contributed by atoms with Crippen LogP contribution in [0.3, 0.4) is 0 Å². The molecule has 0 unspecified atom stereocenters. The van der Waals surface area contributed by atoms with Gasteiger partial charge in [-0.3, -0.25) is 9.59 Å². The van der Waals surface area contributed by atoms with E-state index in [1.54, 1.807) is 11.0 Å². The Hall–Kier alpha value is -2.67. The second kappa shape index (κ2) is 6.57. The number of hydrogen-bond acceptors (Lipinski definition) is 5. The number of H-pyrrole nitrogens is 1. The number of aromatic amines is 1. The number of rotatable bonds is 2. The number of piperazine rings is 1. The number of hydrogen-bond donors (Lipinski definition) is 1. The van der Waals surface area contributed by atoms with Crippen molar-refractivity contribution >= 4 is 33.3 Å². The highest BCUT2D eigenvalue weighted by Crippen LogP contribution is 2.29. The zero-order valence-corrected chi connectivity index (χ0v) is 15.6.